The third kappa shape index (κ3) is 4.00. The van der Waals surface area contributed by atoms with Gasteiger partial charge in [0, 0.05) is 20.0 Å². The Labute approximate surface area is 92.9 Å². The highest BCUT2D eigenvalue weighted by atomic mass is 19.4. The van der Waals surface area contributed by atoms with Gasteiger partial charge in [-0.3, -0.25) is 0 Å². The molecule has 1 rings (SSSR count). The number of nitrogen functional groups attached to an aromatic ring is 1. The van der Waals surface area contributed by atoms with Crippen molar-refractivity contribution in [2.45, 2.75) is 19.0 Å². The minimum Gasteiger partial charge on any atom is -0.397 e. The fourth-order valence-electron chi connectivity index (χ4n) is 1.47. The summed E-state index contributed by atoms with van der Waals surface area (Å²) in [6, 6.07) is 7.13. The van der Waals surface area contributed by atoms with E-state index in [4.69, 9.17) is 5.73 Å². The Hall–Kier alpha value is -1.39. The first-order valence-corrected chi connectivity index (χ1v) is 5.02. The van der Waals surface area contributed by atoms with Crippen molar-refractivity contribution in [3.63, 3.8) is 0 Å². The van der Waals surface area contributed by atoms with Gasteiger partial charge < -0.3 is 10.6 Å². The van der Waals surface area contributed by atoms with Gasteiger partial charge in [-0.25, -0.2) is 0 Å². The first-order valence-electron chi connectivity index (χ1n) is 5.02. The van der Waals surface area contributed by atoms with E-state index in [0.29, 0.717) is 12.2 Å². The lowest BCUT2D eigenvalue weighted by Gasteiger charge is -2.21. The molecule has 90 valence electrons. The van der Waals surface area contributed by atoms with E-state index in [1.54, 1.807) is 30.1 Å². The zero-order valence-electron chi connectivity index (χ0n) is 9.09. The van der Waals surface area contributed by atoms with E-state index >= 15 is 0 Å². The predicted octanol–water partition coefficient (Wildman–Crippen LogP) is 3.05. The molecule has 0 aliphatic rings. The number of anilines is 2. The van der Waals surface area contributed by atoms with Gasteiger partial charge in [0.25, 0.3) is 0 Å². The topological polar surface area (TPSA) is 29.3 Å². The minimum atomic E-state index is -4.08. The molecule has 0 heterocycles. The summed E-state index contributed by atoms with van der Waals surface area (Å²) < 4.78 is 35.8. The van der Waals surface area contributed by atoms with Crippen LogP contribution in [0.5, 0.6) is 0 Å². The molecule has 5 heteroatoms. The van der Waals surface area contributed by atoms with Gasteiger partial charge >= 0.3 is 6.18 Å². The summed E-state index contributed by atoms with van der Waals surface area (Å²) in [6.45, 7) is 0.341. The lowest BCUT2D eigenvalue weighted by Crippen LogP contribution is -2.21. The molecule has 0 aliphatic heterocycles. The summed E-state index contributed by atoms with van der Waals surface area (Å²) in [5.41, 5.74) is 7.06. The Morgan fingerprint density at radius 3 is 2.44 bits per heavy atom. The van der Waals surface area contributed by atoms with E-state index in [9.17, 15) is 13.2 Å². The Kier molecular flexibility index (Phi) is 4.04. The number of rotatable bonds is 4. The van der Waals surface area contributed by atoms with E-state index in [0.717, 1.165) is 5.69 Å². The molecule has 0 atom stereocenters. The second-order valence-corrected chi connectivity index (χ2v) is 3.70. The van der Waals surface area contributed by atoms with E-state index < -0.39 is 12.6 Å². The first kappa shape index (κ1) is 12.7. The SMILES string of the molecule is CN(CCCC(F)(F)F)c1ccccc1N. The maximum Gasteiger partial charge on any atom is 0.389 e. The third-order valence-electron chi connectivity index (χ3n) is 2.30. The number of alkyl halides is 3. The summed E-state index contributed by atoms with van der Waals surface area (Å²) in [5.74, 6) is 0. The highest BCUT2D eigenvalue weighted by Gasteiger charge is 2.26. The van der Waals surface area contributed by atoms with E-state index in [2.05, 4.69) is 0 Å². The monoisotopic (exact) mass is 232 g/mol. The van der Waals surface area contributed by atoms with Crippen molar-refractivity contribution in [1.29, 1.82) is 0 Å². The third-order valence-corrected chi connectivity index (χ3v) is 2.30. The van der Waals surface area contributed by atoms with Crippen LogP contribution in [0.2, 0.25) is 0 Å². The summed E-state index contributed by atoms with van der Waals surface area (Å²) in [4.78, 5) is 1.74. The van der Waals surface area contributed by atoms with Crippen LogP contribution in [-0.4, -0.2) is 19.8 Å². The van der Waals surface area contributed by atoms with Crippen molar-refractivity contribution in [3.05, 3.63) is 24.3 Å². The molecule has 0 fully saturated rings. The van der Waals surface area contributed by atoms with Crippen LogP contribution in [0.1, 0.15) is 12.8 Å². The van der Waals surface area contributed by atoms with E-state index in [-0.39, 0.29) is 6.42 Å². The van der Waals surface area contributed by atoms with Gasteiger partial charge in [0.15, 0.2) is 0 Å². The second kappa shape index (κ2) is 5.09. The maximum atomic E-state index is 11.9. The zero-order valence-corrected chi connectivity index (χ0v) is 9.09. The van der Waals surface area contributed by atoms with Crippen LogP contribution in [0, 0.1) is 0 Å². The zero-order chi connectivity index (χ0) is 12.2. The Bertz CT molecular complexity index is 336. The van der Waals surface area contributed by atoms with Crippen LogP contribution in [0.4, 0.5) is 24.5 Å². The Morgan fingerprint density at radius 2 is 1.88 bits per heavy atom. The molecule has 0 bridgehead atoms. The number of nitrogens with two attached hydrogens (primary N) is 1. The Morgan fingerprint density at radius 1 is 1.25 bits per heavy atom. The molecule has 0 unspecified atom stereocenters. The van der Waals surface area contributed by atoms with Gasteiger partial charge in [-0.2, -0.15) is 13.2 Å². The molecule has 0 saturated heterocycles. The number of nitrogens with zero attached hydrogens (tertiary/aromatic N) is 1. The minimum absolute atomic E-state index is 0.0777. The van der Waals surface area contributed by atoms with Crippen molar-refractivity contribution < 1.29 is 13.2 Å². The van der Waals surface area contributed by atoms with Gasteiger partial charge in [0.2, 0.25) is 0 Å². The summed E-state index contributed by atoms with van der Waals surface area (Å²) >= 11 is 0. The van der Waals surface area contributed by atoms with Crippen molar-refractivity contribution in [2.24, 2.45) is 0 Å². The maximum absolute atomic E-state index is 11.9. The molecule has 1 aromatic carbocycles. The predicted molar refractivity (Wildman–Crippen MR) is 59.4 cm³/mol. The van der Waals surface area contributed by atoms with E-state index in [1.165, 1.54) is 0 Å². The number of hydrogen-bond donors (Lipinski definition) is 1. The molecule has 0 radical (unpaired) electrons. The average molecular weight is 232 g/mol. The highest BCUT2D eigenvalue weighted by Crippen LogP contribution is 2.24. The molecule has 16 heavy (non-hydrogen) atoms. The quantitative estimate of drug-likeness (QED) is 0.808. The van der Waals surface area contributed by atoms with Crippen LogP contribution in [0.15, 0.2) is 24.3 Å². The van der Waals surface area contributed by atoms with Gasteiger partial charge in [0.1, 0.15) is 0 Å². The van der Waals surface area contributed by atoms with E-state index in [1.807, 2.05) is 6.07 Å². The smallest absolute Gasteiger partial charge is 0.389 e. The summed E-state index contributed by atoms with van der Waals surface area (Å²) in [6.07, 6.45) is -4.76. The molecule has 0 spiro atoms. The van der Waals surface area contributed by atoms with Crippen LogP contribution in [-0.2, 0) is 0 Å². The number of para-hydroxylation sites is 2. The largest absolute Gasteiger partial charge is 0.397 e. The van der Waals surface area contributed by atoms with Crippen LogP contribution >= 0.6 is 0 Å². The lowest BCUT2D eigenvalue weighted by atomic mass is 10.2. The normalized spacial score (nSPS) is 11.5. The summed E-state index contributed by atoms with van der Waals surface area (Å²) in [5, 5.41) is 0. The molecule has 0 aromatic heterocycles. The Balaban J connectivity index is 2.47. The van der Waals surface area contributed by atoms with Crippen LogP contribution in [0.3, 0.4) is 0 Å². The van der Waals surface area contributed by atoms with Crippen molar-refractivity contribution in [1.82, 2.24) is 0 Å². The standard InChI is InChI=1S/C11H15F3N2/c1-16(8-4-7-11(12,13)14)10-6-3-2-5-9(10)15/h2-3,5-6H,4,7-8,15H2,1H3. The number of hydrogen-bond acceptors (Lipinski definition) is 2. The van der Waals surface area contributed by atoms with Crippen molar-refractivity contribution in [3.8, 4) is 0 Å². The summed E-state index contributed by atoms with van der Waals surface area (Å²) in [7, 11) is 1.74. The van der Waals surface area contributed by atoms with Crippen LogP contribution < -0.4 is 10.6 Å². The van der Waals surface area contributed by atoms with Crippen LogP contribution in [0.25, 0.3) is 0 Å². The first-order chi connectivity index (χ1) is 7.40. The van der Waals surface area contributed by atoms with Gasteiger partial charge in [-0.15, -0.1) is 0 Å². The van der Waals surface area contributed by atoms with Crippen molar-refractivity contribution in [2.75, 3.05) is 24.2 Å². The second-order valence-electron chi connectivity index (χ2n) is 3.70. The molecule has 2 nitrogen and oxygen atoms in total. The molecular formula is C11H15F3N2. The number of benzene rings is 1. The molecule has 2 N–H and O–H groups in total. The molecule has 0 aliphatic carbocycles. The van der Waals surface area contributed by atoms with Gasteiger partial charge in [-0.1, -0.05) is 12.1 Å². The van der Waals surface area contributed by atoms with Gasteiger partial charge in [0.05, 0.1) is 11.4 Å². The highest BCUT2D eigenvalue weighted by molar-refractivity contribution is 5.66. The fourth-order valence-corrected chi connectivity index (χ4v) is 1.47. The lowest BCUT2D eigenvalue weighted by molar-refractivity contribution is -0.134. The number of halogens is 3. The average Bonchev–Trinajstić information content (AvgIpc) is 2.16. The molecule has 0 amide bonds. The molecular weight excluding hydrogens is 217 g/mol. The molecule has 1 aromatic rings. The fraction of sp³-hybridized carbons (Fsp3) is 0.455. The van der Waals surface area contributed by atoms with Crippen molar-refractivity contribution >= 4 is 11.4 Å². The molecule has 0 saturated carbocycles. The van der Waals surface area contributed by atoms with Gasteiger partial charge in [-0.05, 0) is 18.6 Å².